The fraction of sp³-hybridized carbons (Fsp3) is 0.909. The second kappa shape index (κ2) is 7.14. The van der Waals surface area contributed by atoms with Crippen molar-refractivity contribution in [2.75, 3.05) is 38.2 Å². The third-order valence-electron chi connectivity index (χ3n) is 2.47. The van der Waals surface area contributed by atoms with E-state index in [9.17, 15) is 4.79 Å². The maximum atomic E-state index is 12.0. The van der Waals surface area contributed by atoms with E-state index in [2.05, 4.69) is 5.32 Å². The summed E-state index contributed by atoms with van der Waals surface area (Å²) in [7, 11) is 1.84. The number of nitrogens with one attached hydrogen (secondary N) is 1. The molecule has 1 aliphatic rings. The van der Waals surface area contributed by atoms with Crippen LogP contribution >= 0.6 is 11.8 Å². The van der Waals surface area contributed by atoms with Crippen LogP contribution in [0.2, 0.25) is 0 Å². The SMILES string of the molecule is CC(C)OCCN(C)C(=O)C1CSCCN1. The molecule has 0 aromatic heterocycles. The van der Waals surface area contributed by atoms with E-state index in [1.165, 1.54) is 0 Å². The molecule has 1 heterocycles. The predicted octanol–water partition coefficient (Wildman–Crippen LogP) is 0.575. The quantitative estimate of drug-likeness (QED) is 0.770. The minimum Gasteiger partial charge on any atom is -0.377 e. The Kier molecular flexibility index (Phi) is 6.16. The summed E-state index contributed by atoms with van der Waals surface area (Å²) in [4.78, 5) is 13.7. The van der Waals surface area contributed by atoms with Gasteiger partial charge < -0.3 is 15.0 Å². The molecule has 1 unspecified atom stereocenters. The summed E-state index contributed by atoms with van der Waals surface area (Å²) in [6, 6.07) is -0.0113. The first-order valence-electron chi connectivity index (χ1n) is 5.79. The van der Waals surface area contributed by atoms with Crippen LogP contribution < -0.4 is 5.32 Å². The number of thioether (sulfide) groups is 1. The lowest BCUT2D eigenvalue weighted by atomic mass is 10.3. The lowest BCUT2D eigenvalue weighted by Gasteiger charge is -2.27. The molecule has 16 heavy (non-hydrogen) atoms. The van der Waals surface area contributed by atoms with Gasteiger partial charge >= 0.3 is 0 Å². The van der Waals surface area contributed by atoms with Crippen molar-refractivity contribution in [1.82, 2.24) is 10.2 Å². The zero-order valence-electron chi connectivity index (χ0n) is 10.4. The van der Waals surface area contributed by atoms with Crippen LogP contribution in [0.1, 0.15) is 13.8 Å². The lowest BCUT2D eigenvalue weighted by molar-refractivity contribution is -0.132. The maximum absolute atomic E-state index is 12.0. The van der Waals surface area contributed by atoms with Gasteiger partial charge in [0, 0.05) is 31.6 Å². The highest BCUT2D eigenvalue weighted by molar-refractivity contribution is 7.99. The first kappa shape index (κ1) is 13.8. The van der Waals surface area contributed by atoms with Crippen molar-refractivity contribution in [2.24, 2.45) is 0 Å². The summed E-state index contributed by atoms with van der Waals surface area (Å²) in [5.41, 5.74) is 0. The van der Waals surface area contributed by atoms with E-state index in [-0.39, 0.29) is 18.1 Å². The van der Waals surface area contributed by atoms with Gasteiger partial charge in [0.25, 0.3) is 0 Å². The molecule has 0 saturated carbocycles. The Morgan fingerprint density at radius 1 is 1.62 bits per heavy atom. The van der Waals surface area contributed by atoms with Crippen LogP contribution in [0.3, 0.4) is 0 Å². The van der Waals surface area contributed by atoms with Gasteiger partial charge in [-0.25, -0.2) is 0 Å². The Morgan fingerprint density at radius 2 is 2.38 bits per heavy atom. The van der Waals surface area contributed by atoms with E-state index in [0.29, 0.717) is 13.2 Å². The molecule has 1 rings (SSSR count). The minimum atomic E-state index is -0.0113. The Bertz CT molecular complexity index is 218. The maximum Gasteiger partial charge on any atom is 0.240 e. The van der Waals surface area contributed by atoms with Crippen molar-refractivity contribution in [2.45, 2.75) is 26.0 Å². The zero-order chi connectivity index (χ0) is 12.0. The van der Waals surface area contributed by atoms with Crippen LogP contribution in [-0.2, 0) is 9.53 Å². The number of ether oxygens (including phenoxy) is 1. The monoisotopic (exact) mass is 246 g/mol. The van der Waals surface area contributed by atoms with E-state index in [0.717, 1.165) is 18.1 Å². The normalized spacial score (nSPS) is 21.1. The van der Waals surface area contributed by atoms with Gasteiger partial charge in [0.15, 0.2) is 0 Å². The summed E-state index contributed by atoms with van der Waals surface area (Å²) >= 11 is 1.84. The molecule has 0 bridgehead atoms. The van der Waals surface area contributed by atoms with Crippen molar-refractivity contribution >= 4 is 17.7 Å². The first-order valence-corrected chi connectivity index (χ1v) is 6.94. The molecule has 94 valence electrons. The molecule has 0 aromatic rings. The second-order valence-corrected chi connectivity index (χ2v) is 5.41. The molecule has 1 amide bonds. The van der Waals surface area contributed by atoms with Gasteiger partial charge in [-0.2, -0.15) is 11.8 Å². The number of rotatable bonds is 5. The number of amides is 1. The largest absolute Gasteiger partial charge is 0.377 e. The molecular formula is C11H22N2O2S. The predicted molar refractivity (Wildman–Crippen MR) is 67.8 cm³/mol. The summed E-state index contributed by atoms with van der Waals surface area (Å²) in [5, 5.41) is 3.25. The molecule has 1 saturated heterocycles. The molecule has 0 aliphatic carbocycles. The van der Waals surface area contributed by atoms with Crippen molar-refractivity contribution in [3.8, 4) is 0 Å². The Labute approximate surface area is 102 Å². The van der Waals surface area contributed by atoms with Crippen LogP contribution in [0.25, 0.3) is 0 Å². The average Bonchev–Trinajstić information content (AvgIpc) is 2.28. The number of carbonyl (C=O) groups is 1. The highest BCUT2D eigenvalue weighted by atomic mass is 32.2. The highest BCUT2D eigenvalue weighted by Gasteiger charge is 2.23. The molecule has 0 spiro atoms. The summed E-state index contributed by atoms with van der Waals surface area (Å²) < 4.78 is 5.43. The Hall–Kier alpha value is -0.260. The zero-order valence-corrected chi connectivity index (χ0v) is 11.2. The molecule has 1 N–H and O–H groups in total. The topological polar surface area (TPSA) is 41.6 Å². The van der Waals surface area contributed by atoms with Crippen molar-refractivity contribution in [3.05, 3.63) is 0 Å². The number of hydrogen-bond donors (Lipinski definition) is 1. The van der Waals surface area contributed by atoms with Crippen LogP contribution in [-0.4, -0.2) is 61.2 Å². The molecule has 1 fully saturated rings. The molecule has 0 aromatic carbocycles. The van der Waals surface area contributed by atoms with E-state index < -0.39 is 0 Å². The summed E-state index contributed by atoms with van der Waals surface area (Å²) in [6.45, 7) is 6.21. The van der Waals surface area contributed by atoms with E-state index in [1.807, 2.05) is 32.7 Å². The first-order chi connectivity index (χ1) is 7.61. The van der Waals surface area contributed by atoms with Gasteiger partial charge in [0.2, 0.25) is 5.91 Å². The van der Waals surface area contributed by atoms with E-state index in [4.69, 9.17) is 4.74 Å². The van der Waals surface area contributed by atoms with Crippen LogP contribution in [0.5, 0.6) is 0 Å². The van der Waals surface area contributed by atoms with Gasteiger partial charge in [0.05, 0.1) is 18.8 Å². The number of carbonyl (C=O) groups excluding carboxylic acids is 1. The highest BCUT2D eigenvalue weighted by Crippen LogP contribution is 2.09. The third kappa shape index (κ3) is 4.72. The summed E-state index contributed by atoms with van der Waals surface area (Å²) in [6.07, 6.45) is 0.229. The van der Waals surface area contributed by atoms with E-state index >= 15 is 0 Å². The molecule has 5 heteroatoms. The molecule has 1 aliphatic heterocycles. The van der Waals surface area contributed by atoms with Crippen molar-refractivity contribution < 1.29 is 9.53 Å². The Morgan fingerprint density at radius 3 is 2.94 bits per heavy atom. The Balaban J connectivity index is 2.23. The smallest absolute Gasteiger partial charge is 0.240 e. The fourth-order valence-electron chi connectivity index (χ4n) is 1.53. The second-order valence-electron chi connectivity index (χ2n) is 4.26. The van der Waals surface area contributed by atoms with Gasteiger partial charge in [-0.3, -0.25) is 4.79 Å². The lowest BCUT2D eigenvalue weighted by Crippen LogP contribution is -2.50. The van der Waals surface area contributed by atoms with Crippen molar-refractivity contribution in [1.29, 1.82) is 0 Å². The average molecular weight is 246 g/mol. The standard InChI is InChI=1S/C11H22N2O2S/c1-9(2)15-6-5-13(3)11(14)10-8-16-7-4-12-10/h9-10,12H,4-8H2,1-3H3. The molecule has 4 nitrogen and oxygen atoms in total. The summed E-state index contributed by atoms with van der Waals surface area (Å²) in [5.74, 6) is 2.16. The van der Waals surface area contributed by atoms with Crippen LogP contribution in [0, 0.1) is 0 Å². The molecular weight excluding hydrogens is 224 g/mol. The minimum absolute atomic E-state index is 0.0113. The van der Waals surface area contributed by atoms with Crippen LogP contribution in [0.15, 0.2) is 0 Å². The number of nitrogens with zero attached hydrogens (tertiary/aromatic N) is 1. The van der Waals surface area contributed by atoms with Crippen LogP contribution in [0.4, 0.5) is 0 Å². The van der Waals surface area contributed by atoms with Crippen molar-refractivity contribution in [3.63, 3.8) is 0 Å². The van der Waals surface area contributed by atoms with E-state index in [1.54, 1.807) is 4.90 Å². The van der Waals surface area contributed by atoms with Gasteiger partial charge in [-0.05, 0) is 13.8 Å². The molecule has 1 atom stereocenters. The molecule has 0 radical (unpaired) electrons. The third-order valence-corrected chi connectivity index (χ3v) is 3.54. The van der Waals surface area contributed by atoms with Gasteiger partial charge in [-0.1, -0.05) is 0 Å². The number of likely N-dealkylation sites (N-methyl/N-ethyl adjacent to an activating group) is 1. The van der Waals surface area contributed by atoms with Gasteiger partial charge in [-0.15, -0.1) is 0 Å². The fourth-order valence-corrected chi connectivity index (χ4v) is 2.45. The van der Waals surface area contributed by atoms with Gasteiger partial charge in [0.1, 0.15) is 0 Å². The number of hydrogen-bond acceptors (Lipinski definition) is 4.